The lowest BCUT2D eigenvalue weighted by molar-refractivity contribution is 0.669. The lowest BCUT2D eigenvalue weighted by atomic mass is 9.70. The molecule has 0 N–H and O–H groups in total. The highest BCUT2D eigenvalue weighted by Gasteiger charge is 2.51. The molecule has 0 amide bonds. The number of furan rings is 1. The number of nitrogens with zero attached hydrogens (tertiary/aromatic N) is 5. The standard InChI is InChI=1S/C53H29N5O/c54-30-31-21-23-32(24-22-31)50-55-51(33-25-26-39-38-15-5-10-20-48(38)59-49(39)27-33)57-52(56-50)58-46-19-9-4-14-37(46)41-28-40-36-13-3-8-18-44(36)53(45(40)29-47(41)58)42-16-6-1-11-34(42)35-12-2-7-17-43(35)53/h1-29H. The first-order valence-electron chi connectivity index (χ1n) is 19.7. The first-order chi connectivity index (χ1) is 29.2. The highest BCUT2D eigenvalue weighted by atomic mass is 16.3. The average molecular weight is 752 g/mol. The Balaban J connectivity index is 1.11. The smallest absolute Gasteiger partial charge is 0.238 e. The van der Waals surface area contributed by atoms with E-state index in [0.717, 1.165) is 54.9 Å². The van der Waals surface area contributed by atoms with Gasteiger partial charge >= 0.3 is 0 Å². The van der Waals surface area contributed by atoms with Gasteiger partial charge in [0.25, 0.3) is 0 Å². The maximum absolute atomic E-state index is 9.61. The summed E-state index contributed by atoms with van der Waals surface area (Å²) >= 11 is 0. The van der Waals surface area contributed by atoms with Crippen molar-refractivity contribution < 1.29 is 4.42 Å². The van der Waals surface area contributed by atoms with Gasteiger partial charge in [-0.05, 0) is 105 Å². The summed E-state index contributed by atoms with van der Waals surface area (Å²) in [5, 5.41) is 13.9. The van der Waals surface area contributed by atoms with Crippen molar-refractivity contribution >= 4 is 43.7 Å². The quantitative estimate of drug-likeness (QED) is 0.180. The molecule has 0 fully saturated rings. The molecule has 8 aromatic carbocycles. The number of aromatic nitrogens is 4. The van der Waals surface area contributed by atoms with Gasteiger partial charge in [-0.25, -0.2) is 4.98 Å². The van der Waals surface area contributed by atoms with Crippen molar-refractivity contribution in [1.29, 1.82) is 5.26 Å². The van der Waals surface area contributed by atoms with E-state index in [1.807, 2.05) is 36.4 Å². The topological polar surface area (TPSA) is 80.5 Å². The second-order valence-electron chi connectivity index (χ2n) is 15.4. The van der Waals surface area contributed by atoms with Gasteiger partial charge in [-0.2, -0.15) is 15.2 Å². The molecule has 0 bridgehead atoms. The van der Waals surface area contributed by atoms with Gasteiger partial charge in [-0.1, -0.05) is 115 Å². The zero-order chi connectivity index (χ0) is 38.8. The third-order valence-corrected chi connectivity index (χ3v) is 12.5. The Bertz CT molecular complexity index is 3600. The van der Waals surface area contributed by atoms with E-state index in [2.05, 4.69) is 138 Å². The highest BCUT2D eigenvalue weighted by molar-refractivity contribution is 6.12. The van der Waals surface area contributed by atoms with Crippen LogP contribution in [-0.2, 0) is 5.41 Å². The number of rotatable bonds is 3. The lowest BCUT2D eigenvalue weighted by Gasteiger charge is -2.30. The first kappa shape index (κ1) is 32.0. The van der Waals surface area contributed by atoms with E-state index in [4.69, 9.17) is 19.4 Å². The predicted molar refractivity (Wildman–Crippen MR) is 233 cm³/mol. The molecular weight excluding hydrogens is 723 g/mol. The summed E-state index contributed by atoms with van der Waals surface area (Å²) < 4.78 is 8.53. The minimum Gasteiger partial charge on any atom is -0.456 e. The Morgan fingerprint density at radius 1 is 0.441 bits per heavy atom. The maximum Gasteiger partial charge on any atom is 0.238 e. The number of hydrogen-bond acceptors (Lipinski definition) is 5. The second kappa shape index (κ2) is 11.7. The van der Waals surface area contributed by atoms with Gasteiger partial charge in [-0.15, -0.1) is 0 Å². The third-order valence-electron chi connectivity index (χ3n) is 12.5. The van der Waals surface area contributed by atoms with Crippen LogP contribution in [0.15, 0.2) is 180 Å². The zero-order valence-electron chi connectivity index (χ0n) is 31.4. The van der Waals surface area contributed by atoms with Crippen LogP contribution in [0, 0.1) is 11.3 Å². The first-order valence-corrected chi connectivity index (χ1v) is 19.7. The van der Waals surface area contributed by atoms with Crippen molar-refractivity contribution in [3.63, 3.8) is 0 Å². The van der Waals surface area contributed by atoms with Crippen molar-refractivity contribution in [2.75, 3.05) is 0 Å². The Labute approximate surface area is 337 Å². The number of fused-ring (bicyclic) bond motifs is 16. The van der Waals surface area contributed by atoms with Crippen molar-refractivity contribution in [3.05, 3.63) is 204 Å². The van der Waals surface area contributed by atoms with Crippen LogP contribution in [0.1, 0.15) is 27.8 Å². The molecule has 0 saturated carbocycles. The molecule has 0 atom stereocenters. The van der Waals surface area contributed by atoms with Crippen molar-refractivity contribution in [2.45, 2.75) is 5.41 Å². The van der Waals surface area contributed by atoms with Crippen molar-refractivity contribution in [1.82, 2.24) is 19.5 Å². The fraction of sp³-hybridized carbons (Fsp3) is 0.0189. The van der Waals surface area contributed by atoms with E-state index < -0.39 is 5.41 Å². The van der Waals surface area contributed by atoms with E-state index in [1.165, 1.54) is 44.5 Å². The van der Waals surface area contributed by atoms with Gasteiger partial charge in [-0.3, -0.25) is 4.57 Å². The Morgan fingerprint density at radius 2 is 1.02 bits per heavy atom. The van der Waals surface area contributed by atoms with Crippen molar-refractivity contribution in [2.24, 2.45) is 0 Å². The van der Waals surface area contributed by atoms with Crippen LogP contribution in [0.25, 0.3) is 94.7 Å². The van der Waals surface area contributed by atoms with Gasteiger partial charge in [0.1, 0.15) is 11.2 Å². The molecule has 0 aliphatic heterocycles. The molecule has 6 nitrogen and oxygen atoms in total. The minimum absolute atomic E-state index is 0.502. The molecule has 0 unspecified atom stereocenters. The molecular formula is C53H29N5O. The fourth-order valence-electron chi connectivity index (χ4n) is 10.1. The Kier molecular flexibility index (Phi) is 6.35. The molecule has 272 valence electrons. The molecule has 2 aliphatic rings. The van der Waals surface area contributed by atoms with Crippen LogP contribution in [0.2, 0.25) is 0 Å². The molecule has 6 heteroatoms. The fourth-order valence-corrected chi connectivity index (χ4v) is 10.1. The van der Waals surface area contributed by atoms with Gasteiger partial charge in [0.2, 0.25) is 5.95 Å². The molecule has 0 radical (unpaired) electrons. The summed E-state index contributed by atoms with van der Waals surface area (Å²) in [6.07, 6.45) is 0. The highest BCUT2D eigenvalue weighted by Crippen LogP contribution is 2.63. The second-order valence-corrected chi connectivity index (χ2v) is 15.4. The molecule has 3 heterocycles. The average Bonchev–Trinajstić information content (AvgIpc) is 4.01. The van der Waals surface area contributed by atoms with Gasteiger partial charge in [0.15, 0.2) is 11.6 Å². The summed E-state index contributed by atoms with van der Waals surface area (Å²) in [5.74, 6) is 1.53. The Morgan fingerprint density at radius 3 is 1.73 bits per heavy atom. The lowest BCUT2D eigenvalue weighted by Crippen LogP contribution is -2.25. The van der Waals surface area contributed by atoms with Crippen LogP contribution < -0.4 is 0 Å². The number of para-hydroxylation sites is 2. The van der Waals surface area contributed by atoms with Crippen LogP contribution in [0.3, 0.4) is 0 Å². The van der Waals surface area contributed by atoms with Crippen LogP contribution in [0.5, 0.6) is 0 Å². The van der Waals surface area contributed by atoms with E-state index >= 15 is 0 Å². The molecule has 11 aromatic rings. The van der Waals surface area contributed by atoms with Gasteiger partial charge < -0.3 is 4.42 Å². The zero-order valence-corrected chi connectivity index (χ0v) is 31.4. The SMILES string of the molecule is N#Cc1ccc(-c2nc(-c3ccc4c(c3)oc3ccccc34)nc(-n3c4ccccc4c4cc5c(cc43)C3(c4ccccc4-c4ccccc43)c3ccccc3-5)n2)cc1. The summed E-state index contributed by atoms with van der Waals surface area (Å²) in [4.78, 5) is 15.7. The van der Waals surface area contributed by atoms with E-state index in [1.54, 1.807) is 12.1 Å². The summed E-state index contributed by atoms with van der Waals surface area (Å²) in [5.41, 5.74) is 15.4. The summed E-state index contributed by atoms with van der Waals surface area (Å²) in [6.45, 7) is 0. The molecule has 2 aliphatic carbocycles. The molecule has 0 saturated heterocycles. The summed E-state index contributed by atoms with van der Waals surface area (Å²) in [6, 6.07) is 63.9. The van der Waals surface area contributed by atoms with Crippen LogP contribution in [-0.4, -0.2) is 19.5 Å². The molecule has 59 heavy (non-hydrogen) atoms. The van der Waals surface area contributed by atoms with E-state index in [-0.39, 0.29) is 0 Å². The number of benzene rings is 8. The van der Waals surface area contributed by atoms with E-state index in [0.29, 0.717) is 23.2 Å². The largest absolute Gasteiger partial charge is 0.456 e. The third kappa shape index (κ3) is 4.25. The normalized spacial score (nSPS) is 13.2. The van der Waals surface area contributed by atoms with Crippen LogP contribution >= 0.6 is 0 Å². The van der Waals surface area contributed by atoms with Gasteiger partial charge in [0.05, 0.1) is 28.1 Å². The number of nitriles is 1. The minimum atomic E-state index is -0.505. The monoisotopic (exact) mass is 751 g/mol. The molecule has 13 rings (SSSR count). The Hall–Kier alpha value is -8.14. The molecule has 3 aromatic heterocycles. The van der Waals surface area contributed by atoms with Crippen molar-refractivity contribution in [3.8, 4) is 57.0 Å². The van der Waals surface area contributed by atoms with Crippen LogP contribution in [0.4, 0.5) is 0 Å². The number of hydrogen-bond donors (Lipinski definition) is 0. The van der Waals surface area contributed by atoms with E-state index in [9.17, 15) is 5.26 Å². The summed E-state index contributed by atoms with van der Waals surface area (Å²) in [7, 11) is 0. The predicted octanol–water partition coefficient (Wildman–Crippen LogP) is 12.4. The maximum atomic E-state index is 9.61. The van der Waals surface area contributed by atoms with Gasteiger partial charge in [0, 0.05) is 32.7 Å². The molecule has 1 spiro atoms.